The molecule has 5 unspecified atom stereocenters. The van der Waals surface area contributed by atoms with E-state index in [4.69, 9.17) is 0 Å². The number of carbonyl (C=O) groups is 1. The summed E-state index contributed by atoms with van der Waals surface area (Å²) in [5.74, 6) is 4.06. The maximum absolute atomic E-state index is 14.0. The molecule has 3 heterocycles. The molecule has 0 aromatic carbocycles. The molecule has 6 aliphatic rings. The molecular formula is C37H64N4O. The van der Waals surface area contributed by atoms with Crippen molar-refractivity contribution in [3.05, 3.63) is 24.8 Å². The maximum Gasteiger partial charge on any atom is 0.227 e. The predicted molar refractivity (Wildman–Crippen MR) is 176 cm³/mol. The molecule has 0 aromatic rings. The fraction of sp³-hybridized carbons (Fsp3) is 0.865. The molecule has 0 bridgehead atoms. The number of allylic oxidation sites excluding steroid dienone is 2. The highest BCUT2D eigenvalue weighted by atomic mass is 16.2. The number of fused-ring (bicyclic) bond motifs is 1. The second-order valence-corrected chi connectivity index (χ2v) is 15.5. The van der Waals surface area contributed by atoms with Gasteiger partial charge in [0, 0.05) is 49.2 Å². The Morgan fingerprint density at radius 2 is 1.64 bits per heavy atom. The fourth-order valence-corrected chi connectivity index (χ4v) is 9.72. The van der Waals surface area contributed by atoms with Gasteiger partial charge in [-0.05, 0) is 114 Å². The molecule has 6 rings (SSSR count). The summed E-state index contributed by atoms with van der Waals surface area (Å²) in [4.78, 5) is 16.4. The van der Waals surface area contributed by atoms with Crippen molar-refractivity contribution in [2.45, 2.75) is 155 Å². The molecule has 3 aliphatic carbocycles. The van der Waals surface area contributed by atoms with Crippen LogP contribution in [0.2, 0.25) is 0 Å². The van der Waals surface area contributed by atoms with Gasteiger partial charge >= 0.3 is 0 Å². The molecule has 3 aliphatic heterocycles. The third-order valence-electron chi connectivity index (χ3n) is 12.6. The molecule has 6 atom stereocenters. The van der Waals surface area contributed by atoms with Crippen LogP contribution in [0.25, 0.3) is 0 Å². The second kappa shape index (κ2) is 13.9. The summed E-state index contributed by atoms with van der Waals surface area (Å²) in [6.45, 7) is 20.2. The average molecular weight is 581 g/mol. The molecule has 42 heavy (non-hydrogen) atoms. The summed E-state index contributed by atoms with van der Waals surface area (Å²) >= 11 is 0. The van der Waals surface area contributed by atoms with Gasteiger partial charge in [0.2, 0.25) is 5.91 Å². The zero-order valence-corrected chi connectivity index (χ0v) is 27.9. The Balaban J connectivity index is 0.000000652. The van der Waals surface area contributed by atoms with Gasteiger partial charge in [0.1, 0.15) is 0 Å². The molecule has 2 N–H and O–H groups in total. The number of likely N-dealkylation sites (tertiary alicyclic amines) is 1. The first-order chi connectivity index (χ1) is 20.2. The van der Waals surface area contributed by atoms with Crippen LogP contribution in [-0.4, -0.2) is 59.1 Å². The van der Waals surface area contributed by atoms with E-state index in [9.17, 15) is 4.79 Å². The summed E-state index contributed by atoms with van der Waals surface area (Å²) in [7, 11) is 0. The lowest BCUT2D eigenvalue weighted by Crippen LogP contribution is -2.59. The first kappa shape index (κ1) is 32.2. The monoisotopic (exact) mass is 581 g/mol. The molecule has 5 heteroatoms. The van der Waals surface area contributed by atoms with Gasteiger partial charge in [0.05, 0.1) is 5.92 Å². The van der Waals surface area contributed by atoms with Crippen molar-refractivity contribution in [2.75, 3.05) is 13.1 Å². The normalized spacial score (nSPS) is 37.9. The van der Waals surface area contributed by atoms with E-state index in [1.807, 2.05) is 6.92 Å². The van der Waals surface area contributed by atoms with Crippen molar-refractivity contribution in [1.82, 2.24) is 20.7 Å². The fourth-order valence-electron chi connectivity index (χ4n) is 9.72. The lowest BCUT2D eigenvalue weighted by atomic mass is 9.76. The topological polar surface area (TPSA) is 47.6 Å². The van der Waals surface area contributed by atoms with Crippen LogP contribution in [0.15, 0.2) is 24.8 Å². The summed E-state index contributed by atoms with van der Waals surface area (Å²) < 4.78 is 0. The smallest absolute Gasteiger partial charge is 0.227 e. The van der Waals surface area contributed by atoms with Crippen LogP contribution in [0.5, 0.6) is 0 Å². The zero-order valence-electron chi connectivity index (χ0n) is 27.9. The Labute approximate surface area is 258 Å². The molecule has 0 spiro atoms. The third-order valence-corrected chi connectivity index (χ3v) is 12.6. The number of amides is 1. The Kier molecular flexibility index (Phi) is 10.6. The molecule has 238 valence electrons. The highest BCUT2D eigenvalue weighted by molar-refractivity contribution is 5.79. The van der Waals surface area contributed by atoms with Gasteiger partial charge in [-0.15, -0.1) is 0 Å². The van der Waals surface area contributed by atoms with Crippen molar-refractivity contribution >= 4 is 5.91 Å². The van der Waals surface area contributed by atoms with E-state index < -0.39 is 0 Å². The van der Waals surface area contributed by atoms with Gasteiger partial charge < -0.3 is 10.2 Å². The lowest BCUT2D eigenvalue weighted by Gasteiger charge is -2.48. The van der Waals surface area contributed by atoms with E-state index in [0.717, 1.165) is 55.7 Å². The lowest BCUT2D eigenvalue weighted by molar-refractivity contribution is -0.143. The van der Waals surface area contributed by atoms with Gasteiger partial charge in [-0.25, -0.2) is 5.01 Å². The minimum Gasteiger partial charge on any atom is -0.339 e. The minimum atomic E-state index is 0.178. The van der Waals surface area contributed by atoms with E-state index in [2.05, 4.69) is 61.5 Å². The van der Waals surface area contributed by atoms with Crippen LogP contribution in [-0.2, 0) is 4.79 Å². The molecule has 1 amide bonds. The number of nitrogens with zero attached hydrogens (tertiary/aromatic N) is 2. The van der Waals surface area contributed by atoms with Gasteiger partial charge in [0.15, 0.2) is 0 Å². The van der Waals surface area contributed by atoms with Crippen LogP contribution in [0.1, 0.15) is 125 Å². The summed E-state index contributed by atoms with van der Waals surface area (Å²) in [6, 6.07) is 2.88. The first-order valence-electron chi connectivity index (χ1n) is 18.1. The molecule has 0 aromatic heterocycles. The second-order valence-electron chi connectivity index (χ2n) is 15.5. The van der Waals surface area contributed by atoms with E-state index >= 15 is 0 Å². The molecular weight excluding hydrogens is 516 g/mol. The number of piperidine rings is 2. The first-order valence-corrected chi connectivity index (χ1v) is 18.1. The molecule has 0 radical (unpaired) electrons. The van der Waals surface area contributed by atoms with Gasteiger partial charge in [0.25, 0.3) is 0 Å². The Hall–Kier alpha value is -1.17. The van der Waals surface area contributed by atoms with E-state index in [1.165, 1.54) is 70.6 Å². The van der Waals surface area contributed by atoms with Crippen molar-refractivity contribution in [1.29, 1.82) is 0 Å². The number of hydrogen-bond donors (Lipinski definition) is 2. The number of carbonyl (C=O) groups excluding carboxylic acids is 1. The molecule has 6 fully saturated rings. The van der Waals surface area contributed by atoms with Crippen LogP contribution in [0, 0.1) is 35.0 Å². The minimum absolute atomic E-state index is 0.178. The van der Waals surface area contributed by atoms with Crippen molar-refractivity contribution < 1.29 is 4.79 Å². The van der Waals surface area contributed by atoms with Crippen LogP contribution in [0.4, 0.5) is 0 Å². The highest BCUT2D eigenvalue weighted by Gasteiger charge is 2.54. The summed E-state index contributed by atoms with van der Waals surface area (Å²) in [5, 5.41) is 6.64. The maximum atomic E-state index is 14.0. The number of rotatable bonds is 9. The Morgan fingerprint density at radius 1 is 1.00 bits per heavy atom. The largest absolute Gasteiger partial charge is 0.339 e. The SMILES string of the molecule is C=CC(=C)C.CCCC1NN(C2CCC(C3CC3)CC2)C2CCN(C(=O)C3CCC(C4(C(C)C)CC4)NC3)[C@@H](CC)C12. The van der Waals surface area contributed by atoms with Crippen molar-refractivity contribution in [3.63, 3.8) is 0 Å². The number of hydrogen-bond acceptors (Lipinski definition) is 4. The molecule has 3 saturated carbocycles. The Bertz CT molecular complexity index is 922. The molecule has 5 nitrogen and oxygen atoms in total. The van der Waals surface area contributed by atoms with Crippen LogP contribution >= 0.6 is 0 Å². The number of nitrogens with one attached hydrogen (secondary N) is 2. The third kappa shape index (κ3) is 6.74. The van der Waals surface area contributed by atoms with Gasteiger partial charge in [-0.1, -0.05) is 58.9 Å². The average Bonchev–Trinajstić information content (AvgIpc) is 3.94. The zero-order chi connectivity index (χ0) is 30.0. The van der Waals surface area contributed by atoms with Crippen molar-refractivity contribution in [2.24, 2.45) is 35.0 Å². The van der Waals surface area contributed by atoms with E-state index in [-0.39, 0.29) is 5.92 Å². The molecule has 3 saturated heterocycles. The predicted octanol–water partition coefficient (Wildman–Crippen LogP) is 7.49. The summed E-state index contributed by atoms with van der Waals surface area (Å²) in [5.41, 5.74) is 5.62. The van der Waals surface area contributed by atoms with Gasteiger partial charge in [-0.3, -0.25) is 10.2 Å². The van der Waals surface area contributed by atoms with Crippen molar-refractivity contribution in [3.8, 4) is 0 Å². The quantitative estimate of drug-likeness (QED) is 0.277. The van der Waals surface area contributed by atoms with Crippen LogP contribution < -0.4 is 10.7 Å². The Morgan fingerprint density at radius 3 is 2.12 bits per heavy atom. The van der Waals surface area contributed by atoms with Gasteiger partial charge in [-0.2, -0.15) is 0 Å². The number of hydrazine groups is 1. The standard InChI is InChI=1S/C32H56N4O.C5H8/c1-5-7-26-30-27(6-2)35(31(37)24-12-15-29(33-20-24)32(17-18-32)21(3)4)19-16-28(30)36(34-26)25-13-10-23(11-14-25)22-8-9-22;1-4-5(2)3/h21-30,33-34H,5-20H2,1-4H3;4H,1-2H2,3H3/t23?,24?,25?,26?,27-,28?,29?,30?;/m0./s1. The van der Waals surface area contributed by atoms with Crippen LogP contribution in [0.3, 0.4) is 0 Å². The highest BCUT2D eigenvalue weighted by Crippen LogP contribution is 2.56. The van der Waals surface area contributed by atoms with E-state index in [1.54, 1.807) is 6.08 Å². The van der Waals surface area contributed by atoms with E-state index in [0.29, 0.717) is 47.4 Å². The summed E-state index contributed by atoms with van der Waals surface area (Å²) in [6.07, 6.45) is 20.1.